The molecule has 9 heavy (non-hydrogen) atoms. The first kappa shape index (κ1) is 11.8. The number of hydrogen-bond acceptors (Lipinski definition) is 2. The molecule has 0 aromatic heterocycles. The van der Waals surface area contributed by atoms with Gasteiger partial charge in [0.1, 0.15) is 0 Å². The molecule has 0 saturated heterocycles. The zero-order valence-electron chi connectivity index (χ0n) is 6.48. The van der Waals surface area contributed by atoms with Crippen LogP contribution >= 0.6 is 11.8 Å². The number of rotatable bonds is 3. The normalized spacial score (nSPS) is 7.56. The number of aliphatic hydroxyl groups excluding tert-OH is 1. The van der Waals surface area contributed by atoms with Gasteiger partial charge in [0.15, 0.2) is 0 Å². The second-order valence-electron chi connectivity index (χ2n) is 1.27. The number of aliphatic hydroxyl groups is 1. The number of hydrogen-bond donors (Lipinski definition) is 1. The lowest BCUT2D eigenvalue weighted by Gasteiger charge is -1.91. The first-order chi connectivity index (χ1) is 4.27. The van der Waals surface area contributed by atoms with Crippen LogP contribution in [-0.2, 0) is 0 Å². The average molecular weight is 148 g/mol. The lowest BCUT2D eigenvalue weighted by molar-refractivity contribution is 0.322. The Morgan fingerprint density at radius 2 is 2.00 bits per heavy atom. The summed E-state index contributed by atoms with van der Waals surface area (Å²) in [6.07, 6.45) is 0. The van der Waals surface area contributed by atoms with Crippen LogP contribution in [0, 0.1) is 0 Å². The maximum absolute atomic E-state index is 8.25. The van der Waals surface area contributed by atoms with E-state index in [9.17, 15) is 0 Å². The third-order valence-corrected chi connectivity index (χ3v) is 1.32. The highest BCUT2D eigenvalue weighted by Crippen LogP contribution is 2.09. The Morgan fingerprint density at radius 1 is 1.56 bits per heavy atom. The van der Waals surface area contributed by atoms with Crippen LogP contribution in [0.15, 0.2) is 11.5 Å². The molecule has 2 heteroatoms. The second-order valence-corrected chi connectivity index (χ2v) is 2.67. The molecule has 0 aliphatic heterocycles. The van der Waals surface area contributed by atoms with Crippen molar-refractivity contribution in [2.24, 2.45) is 0 Å². The van der Waals surface area contributed by atoms with Crippen LogP contribution in [0.4, 0.5) is 0 Å². The van der Waals surface area contributed by atoms with Gasteiger partial charge in [-0.1, -0.05) is 20.4 Å². The summed E-state index contributed by atoms with van der Waals surface area (Å²) < 4.78 is 0. The molecule has 0 spiro atoms. The fourth-order valence-electron chi connectivity index (χ4n) is 0.220. The average Bonchev–Trinajstić information content (AvgIpc) is 1.88. The van der Waals surface area contributed by atoms with E-state index >= 15 is 0 Å². The summed E-state index contributed by atoms with van der Waals surface area (Å²) in [5.41, 5.74) is 0. The Hall–Kier alpha value is 0.0500. The minimum absolute atomic E-state index is 0.248. The van der Waals surface area contributed by atoms with E-state index < -0.39 is 0 Å². The summed E-state index contributed by atoms with van der Waals surface area (Å²) >= 11 is 1.59. The molecule has 0 heterocycles. The Labute approximate surface area is 62.2 Å². The molecular formula is C7H16OS. The van der Waals surface area contributed by atoms with Crippen molar-refractivity contribution in [1.29, 1.82) is 0 Å². The van der Waals surface area contributed by atoms with E-state index in [4.69, 9.17) is 5.11 Å². The Bertz CT molecular complexity index is 61.9. The summed E-state index contributed by atoms with van der Waals surface area (Å²) in [6.45, 7) is 9.82. The molecule has 0 aromatic carbocycles. The van der Waals surface area contributed by atoms with Crippen molar-refractivity contribution in [2.75, 3.05) is 12.4 Å². The first-order valence-corrected chi connectivity index (χ1v) is 4.15. The molecule has 0 rings (SSSR count). The van der Waals surface area contributed by atoms with E-state index in [1.807, 2.05) is 20.8 Å². The van der Waals surface area contributed by atoms with E-state index in [0.717, 1.165) is 10.7 Å². The van der Waals surface area contributed by atoms with E-state index in [0.29, 0.717) is 0 Å². The van der Waals surface area contributed by atoms with Crippen LogP contribution in [0.2, 0.25) is 0 Å². The predicted octanol–water partition coefficient (Wildman–Crippen LogP) is 2.27. The molecule has 0 saturated carbocycles. The van der Waals surface area contributed by atoms with Gasteiger partial charge in [-0.05, 0) is 11.8 Å². The fraction of sp³-hybridized carbons (Fsp3) is 0.714. The van der Waals surface area contributed by atoms with Crippen molar-refractivity contribution in [2.45, 2.75) is 20.8 Å². The van der Waals surface area contributed by atoms with Crippen molar-refractivity contribution < 1.29 is 5.11 Å². The highest BCUT2D eigenvalue weighted by Gasteiger charge is 1.82. The molecule has 56 valence electrons. The van der Waals surface area contributed by atoms with E-state index in [1.165, 1.54) is 0 Å². The van der Waals surface area contributed by atoms with Gasteiger partial charge in [-0.25, -0.2) is 0 Å². The largest absolute Gasteiger partial charge is 0.396 e. The molecule has 0 bridgehead atoms. The van der Waals surface area contributed by atoms with Gasteiger partial charge in [-0.2, -0.15) is 0 Å². The monoisotopic (exact) mass is 148 g/mol. The van der Waals surface area contributed by atoms with Gasteiger partial charge in [0.2, 0.25) is 0 Å². The summed E-state index contributed by atoms with van der Waals surface area (Å²) in [6, 6.07) is 0. The van der Waals surface area contributed by atoms with Gasteiger partial charge in [0.25, 0.3) is 0 Å². The van der Waals surface area contributed by atoms with Crippen LogP contribution in [0.5, 0.6) is 0 Å². The van der Waals surface area contributed by atoms with Crippen molar-refractivity contribution in [3.05, 3.63) is 11.5 Å². The Balaban J connectivity index is 0. The van der Waals surface area contributed by atoms with Gasteiger partial charge in [0.05, 0.1) is 6.61 Å². The minimum atomic E-state index is 0.248. The Morgan fingerprint density at radius 3 is 2.11 bits per heavy atom. The first-order valence-electron chi connectivity index (χ1n) is 3.16. The summed E-state index contributed by atoms with van der Waals surface area (Å²) in [5, 5.41) is 8.25. The van der Waals surface area contributed by atoms with E-state index in [2.05, 4.69) is 6.58 Å². The van der Waals surface area contributed by atoms with E-state index in [1.54, 1.807) is 11.8 Å². The fourth-order valence-corrected chi connectivity index (χ4v) is 0.660. The number of allylic oxidation sites excluding steroid dienone is 1. The topological polar surface area (TPSA) is 20.2 Å². The molecule has 0 unspecified atom stereocenters. The van der Waals surface area contributed by atoms with E-state index in [-0.39, 0.29) is 6.61 Å². The highest BCUT2D eigenvalue weighted by molar-refractivity contribution is 8.03. The van der Waals surface area contributed by atoms with Crippen molar-refractivity contribution in [3.8, 4) is 0 Å². The van der Waals surface area contributed by atoms with Gasteiger partial charge in [-0.15, -0.1) is 11.8 Å². The van der Waals surface area contributed by atoms with Gasteiger partial charge >= 0.3 is 0 Å². The number of thioether (sulfide) groups is 1. The zero-order valence-corrected chi connectivity index (χ0v) is 7.29. The molecule has 0 atom stereocenters. The van der Waals surface area contributed by atoms with Crippen LogP contribution in [-0.4, -0.2) is 17.5 Å². The second kappa shape index (κ2) is 10.9. The van der Waals surface area contributed by atoms with Gasteiger partial charge in [-0.3, -0.25) is 0 Å². The van der Waals surface area contributed by atoms with Gasteiger partial charge in [0, 0.05) is 5.75 Å². The maximum atomic E-state index is 8.25. The van der Waals surface area contributed by atoms with Crippen LogP contribution in [0.1, 0.15) is 20.8 Å². The smallest absolute Gasteiger partial charge is 0.0525 e. The summed E-state index contributed by atoms with van der Waals surface area (Å²) in [4.78, 5) is 1.06. The van der Waals surface area contributed by atoms with Crippen LogP contribution < -0.4 is 0 Å². The molecule has 0 radical (unpaired) electrons. The molecule has 0 aromatic rings. The highest BCUT2D eigenvalue weighted by atomic mass is 32.2. The van der Waals surface area contributed by atoms with Crippen molar-refractivity contribution >= 4 is 11.8 Å². The third-order valence-electron chi connectivity index (χ3n) is 0.440. The molecule has 0 aliphatic carbocycles. The third kappa shape index (κ3) is 18.0. The summed E-state index contributed by atoms with van der Waals surface area (Å²) in [5.74, 6) is 0.773. The molecule has 1 nitrogen and oxygen atoms in total. The molecule has 1 N–H and O–H groups in total. The quantitative estimate of drug-likeness (QED) is 0.662. The Kier molecular flexibility index (Phi) is 14.3. The maximum Gasteiger partial charge on any atom is 0.0525 e. The SMILES string of the molecule is C=C(C)SCCO.CC. The molecule has 0 aliphatic rings. The standard InChI is InChI=1S/C5H10OS.C2H6/c1-5(2)7-4-3-6;1-2/h6H,1,3-4H2,2H3;1-2H3. The van der Waals surface area contributed by atoms with Crippen LogP contribution in [0.3, 0.4) is 0 Å². The molecular weight excluding hydrogens is 132 g/mol. The van der Waals surface area contributed by atoms with Gasteiger partial charge < -0.3 is 5.11 Å². The molecule has 0 fully saturated rings. The predicted molar refractivity (Wildman–Crippen MR) is 45.7 cm³/mol. The minimum Gasteiger partial charge on any atom is -0.396 e. The summed E-state index contributed by atoms with van der Waals surface area (Å²) in [7, 11) is 0. The molecule has 0 amide bonds. The lowest BCUT2D eigenvalue weighted by atomic mass is 10.8. The lowest BCUT2D eigenvalue weighted by Crippen LogP contribution is -1.83. The van der Waals surface area contributed by atoms with Crippen LogP contribution in [0.25, 0.3) is 0 Å². The zero-order chi connectivity index (χ0) is 7.70. The van der Waals surface area contributed by atoms with Crippen molar-refractivity contribution in [1.82, 2.24) is 0 Å². The van der Waals surface area contributed by atoms with Crippen molar-refractivity contribution in [3.63, 3.8) is 0 Å².